The molecule has 1 N–H and O–H groups in total. The Morgan fingerprint density at radius 3 is 2.46 bits per heavy atom. The fourth-order valence-electron chi connectivity index (χ4n) is 3.58. The fraction of sp³-hybridized carbons (Fsp3) is 0.214. The van der Waals surface area contributed by atoms with Crippen LogP contribution in [0.4, 0.5) is 0 Å². The highest BCUT2D eigenvalue weighted by Crippen LogP contribution is 2.30. The molecule has 0 aliphatic heterocycles. The number of methoxy groups -OCH3 is 1. The van der Waals surface area contributed by atoms with E-state index in [0.717, 1.165) is 32.9 Å². The van der Waals surface area contributed by atoms with Gasteiger partial charge in [0, 0.05) is 11.3 Å². The van der Waals surface area contributed by atoms with Crippen LogP contribution in [0, 0.1) is 0 Å². The quantitative estimate of drug-likeness (QED) is 0.152. The summed E-state index contributed by atoms with van der Waals surface area (Å²) in [7, 11) is 1.61. The third-order valence-electron chi connectivity index (χ3n) is 5.57. The lowest BCUT2D eigenvalue weighted by molar-refractivity contribution is -0.118. The number of carbonyl (C=O) groups is 1. The van der Waals surface area contributed by atoms with Crippen LogP contribution in [-0.4, -0.2) is 39.7 Å². The fourth-order valence-corrected chi connectivity index (χ4v) is 4.89. The Morgan fingerprint density at radius 1 is 1.08 bits per heavy atom. The van der Waals surface area contributed by atoms with Gasteiger partial charge in [0.25, 0.3) is 5.91 Å². The lowest BCUT2D eigenvalue weighted by Gasteiger charge is -2.19. The Bertz CT molecular complexity index is 1400. The number of ether oxygens (including phenoxy) is 1. The largest absolute Gasteiger partial charge is 0.496 e. The minimum absolute atomic E-state index is 0.0619. The van der Waals surface area contributed by atoms with E-state index in [1.165, 1.54) is 17.3 Å². The minimum Gasteiger partial charge on any atom is -0.496 e. The van der Waals surface area contributed by atoms with E-state index < -0.39 is 0 Å². The van der Waals surface area contributed by atoms with Crippen molar-refractivity contribution >= 4 is 39.8 Å². The Kier molecular flexibility index (Phi) is 8.45. The maximum absolute atomic E-state index is 12.5. The SMILES string of the molecule is COc1ccc(C=NNC(=O)CSc2nnc(-c3ccc(C(C)(C)C)cc3)n2-c2ccccc2)cc1Br. The van der Waals surface area contributed by atoms with Crippen LogP contribution in [0.5, 0.6) is 5.75 Å². The molecule has 0 spiro atoms. The average molecular weight is 579 g/mol. The zero-order chi connectivity index (χ0) is 26.4. The first-order valence-corrected chi connectivity index (χ1v) is 13.4. The highest BCUT2D eigenvalue weighted by molar-refractivity contribution is 9.10. The number of rotatable bonds is 8. The summed E-state index contributed by atoms with van der Waals surface area (Å²) in [6.07, 6.45) is 1.58. The van der Waals surface area contributed by atoms with Gasteiger partial charge in [-0.05, 0) is 62.8 Å². The molecule has 0 atom stereocenters. The molecule has 0 saturated carbocycles. The molecule has 190 valence electrons. The molecule has 0 aliphatic carbocycles. The third kappa shape index (κ3) is 6.67. The molecule has 4 aromatic rings. The van der Waals surface area contributed by atoms with Crippen LogP contribution >= 0.6 is 27.7 Å². The van der Waals surface area contributed by atoms with Crippen LogP contribution in [-0.2, 0) is 10.2 Å². The molecule has 7 nitrogen and oxygen atoms in total. The van der Waals surface area contributed by atoms with Crippen LogP contribution in [0.15, 0.2) is 87.5 Å². The molecule has 0 radical (unpaired) electrons. The van der Waals surface area contributed by atoms with Gasteiger partial charge in [0.15, 0.2) is 11.0 Å². The zero-order valence-electron chi connectivity index (χ0n) is 21.1. The molecule has 0 aliphatic rings. The Balaban J connectivity index is 1.49. The summed E-state index contributed by atoms with van der Waals surface area (Å²) in [6, 6.07) is 23.8. The van der Waals surface area contributed by atoms with Gasteiger partial charge < -0.3 is 4.74 Å². The first kappa shape index (κ1) is 26.6. The molecule has 0 unspecified atom stereocenters. The van der Waals surface area contributed by atoms with E-state index in [-0.39, 0.29) is 17.1 Å². The van der Waals surface area contributed by atoms with Crippen molar-refractivity contribution in [2.45, 2.75) is 31.3 Å². The number of thioether (sulfide) groups is 1. The first-order chi connectivity index (χ1) is 17.8. The predicted molar refractivity (Wildman–Crippen MR) is 153 cm³/mol. The predicted octanol–water partition coefficient (Wildman–Crippen LogP) is 6.25. The lowest BCUT2D eigenvalue weighted by atomic mass is 9.87. The number of hydrogen-bond donors (Lipinski definition) is 1. The van der Waals surface area contributed by atoms with Gasteiger partial charge >= 0.3 is 0 Å². The van der Waals surface area contributed by atoms with Crippen molar-refractivity contribution in [3.63, 3.8) is 0 Å². The molecule has 0 saturated heterocycles. The number of nitrogens with one attached hydrogen (secondary N) is 1. The van der Waals surface area contributed by atoms with E-state index in [1.807, 2.05) is 53.1 Å². The second kappa shape index (κ2) is 11.7. The highest BCUT2D eigenvalue weighted by atomic mass is 79.9. The number of hydrazone groups is 1. The molecular weight excluding hydrogens is 550 g/mol. The molecule has 3 aromatic carbocycles. The summed E-state index contributed by atoms with van der Waals surface area (Å²) >= 11 is 4.75. The van der Waals surface area contributed by atoms with Crippen molar-refractivity contribution in [1.29, 1.82) is 0 Å². The van der Waals surface area contributed by atoms with Gasteiger partial charge in [-0.2, -0.15) is 5.10 Å². The summed E-state index contributed by atoms with van der Waals surface area (Å²) in [4.78, 5) is 12.5. The van der Waals surface area contributed by atoms with Gasteiger partial charge in [-0.1, -0.05) is 75.0 Å². The Morgan fingerprint density at radius 2 is 1.81 bits per heavy atom. The van der Waals surface area contributed by atoms with E-state index in [1.54, 1.807) is 13.3 Å². The molecule has 37 heavy (non-hydrogen) atoms. The molecule has 1 heterocycles. The van der Waals surface area contributed by atoms with Gasteiger partial charge in [0.1, 0.15) is 5.75 Å². The lowest BCUT2D eigenvalue weighted by Crippen LogP contribution is -2.20. The van der Waals surface area contributed by atoms with E-state index in [4.69, 9.17) is 4.74 Å². The maximum atomic E-state index is 12.5. The summed E-state index contributed by atoms with van der Waals surface area (Å²) in [5.74, 6) is 1.34. The number of para-hydroxylation sites is 1. The Hall–Kier alpha value is -3.43. The van der Waals surface area contributed by atoms with Crippen LogP contribution < -0.4 is 10.2 Å². The van der Waals surface area contributed by atoms with E-state index >= 15 is 0 Å². The second-order valence-corrected chi connectivity index (χ2v) is 11.1. The number of halogens is 1. The topological polar surface area (TPSA) is 81.4 Å². The Labute approximate surface area is 229 Å². The molecule has 9 heteroatoms. The van der Waals surface area contributed by atoms with E-state index in [0.29, 0.717) is 5.16 Å². The average Bonchev–Trinajstić information content (AvgIpc) is 3.32. The summed E-state index contributed by atoms with van der Waals surface area (Å²) in [5, 5.41) is 13.6. The highest BCUT2D eigenvalue weighted by Gasteiger charge is 2.19. The van der Waals surface area contributed by atoms with Crippen LogP contribution in [0.25, 0.3) is 17.1 Å². The van der Waals surface area contributed by atoms with Gasteiger partial charge in [0.2, 0.25) is 0 Å². The third-order valence-corrected chi connectivity index (χ3v) is 7.12. The number of carbonyl (C=O) groups excluding carboxylic acids is 1. The number of hydrogen-bond acceptors (Lipinski definition) is 6. The monoisotopic (exact) mass is 577 g/mol. The van der Waals surface area contributed by atoms with Crippen molar-refractivity contribution in [3.8, 4) is 22.8 Å². The van der Waals surface area contributed by atoms with E-state index in [2.05, 4.69) is 81.7 Å². The second-order valence-electron chi connectivity index (χ2n) is 9.28. The first-order valence-electron chi connectivity index (χ1n) is 11.7. The van der Waals surface area contributed by atoms with Crippen molar-refractivity contribution in [2.75, 3.05) is 12.9 Å². The van der Waals surface area contributed by atoms with Gasteiger partial charge in [-0.25, -0.2) is 5.43 Å². The number of aromatic nitrogens is 3. The van der Waals surface area contributed by atoms with Gasteiger partial charge in [-0.3, -0.25) is 9.36 Å². The van der Waals surface area contributed by atoms with Gasteiger partial charge in [0.05, 0.1) is 23.5 Å². The summed E-state index contributed by atoms with van der Waals surface area (Å²) in [5.41, 5.74) is 6.59. The molecule has 4 rings (SSSR count). The molecule has 1 amide bonds. The smallest absolute Gasteiger partial charge is 0.250 e. The molecule has 0 bridgehead atoms. The summed E-state index contributed by atoms with van der Waals surface area (Å²) in [6.45, 7) is 6.57. The number of benzene rings is 3. The molecule has 0 fully saturated rings. The zero-order valence-corrected chi connectivity index (χ0v) is 23.5. The van der Waals surface area contributed by atoms with E-state index in [9.17, 15) is 4.79 Å². The van der Waals surface area contributed by atoms with Gasteiger partial charge in [-0.15, -0.1) is 10.2 Å². The van der Waals surface area contributed by atoms with Crippen molar-refractivity contribution < 1.29 is 9.53 Å². The van der Waals surface area contributed by atoms with Crippen LogP contribution in [0.2, 0.25) is 0 Å². The van der Waals surface area contributed by atoms with Crippen molar-refractivity contribution in [2.24, 2.45) is 5.10 Å². The van der Waals surface area contributed by atoms with Crippen LogP contribution in [0.3, 0.4) is 0 Å². The van der Waals surface area contributed by atoms with Crippen LogP contribution in [0.1, 0.15) is 31.9 Å². The van der Waals surface area contributed by atoms with Crippen molar-refractivity contribution in [1.82, 2.24) is 20.2 Å². The molecular formula is C28H28BrN5O2S. The standard InChI is InChI=1S/C28H28BrN5O2S/c1-28(2,3)21-13-11-20(12-14-21)26-32-33-27(34(26)22-8-6-5-7-9-22)37-18-25(35)31-30-17-19-10-15-24(36-4)23(29)16-19/h5-17H,18H2,1-4H3,(H,31,35). The number of amides is 1. The summed E-state index contributed by atoms with van der Waals surface area (Å²) < 4.78 is 8.01. The normalized spacial score (nSPS) is 11.6. The maximum Gasteiger partial charge on any atom is 0.250 e. The van der Waals surface area contributed by atoms with Crippen molar-refractivity contribution in [3.05, 3.63) is 88.4 Å². The number of nitrogens with zero attached hydrogens (tertiary/aromatic N) is 4. The molecule has 1 aromatic heterocycles. The minimum atomic E-state index is -0.243.